The monoisotopic (exact) mass is 529 g/mol. The molecule has 4 rings (SSSR count). The number of hydrogen-bond donors (Lipinski definition) is 2. The standard InChI is InChI=1S/C14H15N5OS.2C2HF3O2/c20-13(10-3-1-2-6-15-10)18-7-4-12-11(18)5-8-19(12)14-17-16-9-21-14;2*3-2(4,5)1(6)7/h1-3,6,9,11-12H,4-5,7-8H2;2*(H,6,7)/t11-,12+;;/m1../s1. The van der Waals surface area contributed by atoms with Gasteiger partial charge in [0.1, 0.15) is 11.2 Å². The predicted octanol–water partition coefficient (Wildman–Crippen LogP) is 2.69. The number of fused-ring (bicyclic) bond motifs is 1. The maximum Gasteiger partial charge on any atom is 0.490 e. The van der Waals surface area contributed by atoms with Gasteiger partial charge < -0.3 is 20.0 Å². The molecule has 2 aromatic heterocycles. The lowest BCUT2D eigenvalue weighted by molar-refractivity contribution is -0.193. The number of anilines is 1. The zero-order chi connectivity index (χ0) is 26.4. The van der Waals surface area contributed by atoms with Crippen molar-refractivity contribution in [3.05, 3.63) is 35.6 Å². The van der Waals surface area contributed by atoms with Crippen LogP contribution in [-0.4, -0.2) is 85.7 Å². The fourth-order valence-electron chi connectivity index (χ4n) is 3.40. The minimum absolute atomic E-state index is 0.0437. The topological polar surface area (TPSA) is 137 Å². The van der Waals surface area contributed by atoms with Crippen LogP contribution in [0.5, 0.6) is 0 Å². The molecular weight excluding hydrogens is 512 g/mol. The van der Waals surface area contributed by atoms with Gasteiger partial charge in [0.15, 0.2) is 0 Å². The SMILES string of the molecule is O=C(O)C(F)(F)F.O=C(O)C(F)(F)F.O=C(c1ccccn1)N1CC[C@H]2[C@H]1CCN2c1nncs1. The van der Waals surface area contributed by atoms with Crippen LogP contribution in [0.25, 0.3) is 0 Å². The Morgan fingerprint density at radius 2 is 1.51 bits per heavy atom. The van der Waals surface area contributed by atoms with Gasteiger partial charge in [-0.25, -0.2) is 9.59 Å². The number of amides is 1. The Bertz CT molecular complexity index is 981. The zero-order valence-electron chi connectivity index (χ0n) is 17.4. The van der Waals surface area contributed by atoms with Crippen molar-refractivity contribution in [1.82, 2.24) is 20.1 Å². The lowest BCUT2D eigenvalue weighted by Crippen LogP contribution is -2.40. The van der Waals surface area contributed by atoms with E-state index in [1.165, 1.54) is 0 Å². The van der Waals surface area contributed by atoms with Gasteiger partial charge in [0.2, 0.25) is 5.13 Å². The summed E-state index contributed by atoms with van der Waals surface area (Å²) in [5, 5.41) is 23.3. The van der Waals surface area contributed by atoms with Crippen molar-refractivity contribution in [3.63, 3.8) is 0 Å². The van der Waals surface area contributed by atoms with E-state index in [1.54, 1.807) is 29.1 Å². The molecule has 0 radical (unpaired) electrons. The van der Waals surface area contributed by atoms with Gasteiger partial charge in [0, 0.05) is 19.3 Å². The van der Waals surface area contributed by atoms with E-state index in [0.29, 0.717) is 11.7 Å². The minimum Gasteiger partial charge on any atom is -0.475 e. The number of aromatic nitrogens is 3. The summed E-state index contributed by atoms with van der Waals surface area (Å²) in [5.41, 5.74) is 2.29. The highest BCUT2D eigenvalue weighted by atomic mass is 32.1. The van der Waals surface area contributed by atoms with E-state index < -0.39 is 24.3 Å². The summed E-state index contributed by atoms with van der Waals surface area (Å²) in [6.07, 6.45) is -6.52. The summed E-state index contributed by atoms with van der Waals surface area (Å²) >= 11 is 1.56. The Labute approximate surface area is 196 Å². The van der Waals surface area contributed by atoms with Crippen molar-refractivity contribution in [3.8, 4) is 0 Å². The first-order valence-corrected chi connectivity index (χ1v) is 10.5. The van der Waals surface area contributed by atoms with E-state index in [0.717, 1.165) is 31.1 Å². The van der Waals surface area contributed by atoms with Crippen LogP contribution >= 0.6 is 11.3 Å². The van der Waals surface area contributed by atoms with Crippen LogP contribution < -0.4 is 4.90 Å². The third kappa shape index (κ3) is 7.49. The number of aliphatic carboxylic acids is 2. The number of carboxylic acids is 2. The molecule has 0 spiro atoms. The van der Waals surface area contributed by atoms with Crippen LogP contribution in [0, 0.1) is 0 Å². The highest BCUT2D eigenvalue weighted by Crippen LogP contribution is 2.36. The Kier molecular flexibility index (Phi) is 8.94. The summed E-state index contributed by atoms with van der Waals surface area (Å²) in [4.78, 5) is 38.9. The third-order valence-corrected chi connectivity index (χ3v) is 5.53. The summed E-state index contributed by atoms with van der Waals surface area (Å²) in [5.74, 6) is -5.47. The number of carbonyl (C=O) groups is 3. The predicted molar refractivity (Wildman–Crippen MR) is 107 cm³/mol. The Morgan fingerprint density at radius 1 is 0.943 bits per heavy atom. The average molecular weight is 529 g/mol. The molecule has 192 valence electrons. The summed E-state index contributed by atoms with van der Waals surface area (Å²) in [7, 11) is 0. The van der Waals surface area contributed by atoms with Crippen LogP contribution in [0.4, 0.5) is 31.5 Å². The van der Waals surface area contributed by atoms with Crippen molar-refractivity contribution in [2.24, 2.45) is 0 Å². The maximum absolute atomic E-state index is 12.6. The van der Waals surface area contributed by atoms with Gasteiger partial charge in [0.05, 0.1) is 12.1 Å². The van der Waals surface area contributed by atoms with Crippen molar-refractivity contribution < 1.29 is 50.9 Å². The van der Waals surface area contributed by atoms with Crippen LogP contribution in [0.3, 0.4) is 0 Å². The van der Waals surface area contributed by atoms with Crippen LogP contribution in [0.1, 0.15) is 23.3 Å². The fraction of sp³-hybridized carbons (Fsp3) is 0.444. The molecule has 4 heterocycles. The van der Waals surface area contributed by atoms with Gasteiger partial charge in [-0.05, 0) is 25.0 Å². The van der Waals surface area contributed by atoms with E-state index in [4.69, 9.17) is 19.8 Å². The number of rotatable bonds is 2. The van der Waals surface area contributed by atoms with Gasteiger partial charge in [-0.1, -0.05) is 17.4 Å². The molecule has 2 fully saturated rings. The van der Waals surface area contributed by atoms with Gasteiger partial charge in [-0.2, -0.15) is 26.3 Å². The fourth-order valence-corrected chi connectivity index (χ4v) is 4.05. The largest absolute Gasteiger partial charge is 0.490 e. The quantitative estimate of drug-likeness (QED) is 0.563. The highest BCUT2D eigenvalue weighted by Gasteiger charge is 2.45. The number of hydrogen-bond acceptors (Lipinski definition) is 8. The van der Waals surface area contributed by atoms with Crippen molar-refractivity contribution in [1.29, 1.82) is 0 Å². The van der Waals surface area contributed by atoms with Crippen LogP contribution in [0.15, 0.2) is 29.9 Å². The number of carbonyl (C=O) groups excluding carboxylic acids is 1. The van der Waals surface area contributed by atoms with Gasteiger partial charge in [-0.15, -0.1) is 10.2 Å². The number of carboxylic acid groups (broad SMARTS) is 2. The molecule has 2 saturated heterocycles. The second-order valence-corrected chi connectivity index (χ2v) is 7.76. The van der Waals surface area contributed by atoms with Crippen molar-refractivity contribution >= 4 is 34.3 Å². The van der Waals surface area contributed by atoms with Crippen LogP contribution in [0.2, 0.25) is 0 Å². The molecule has 2 N–H and O–H groups in total. The van der Waals surface area contributed by atoms with Gasteiger partial charge in [0.25, 0.3) is 5.91 Å². The van der Waals surface area contributed by atoms with Crippen LogP contribution in [-0.2, 0) is 9.59 Å². The van der Waals surface area contributed by atoms with Gasteiger partial charge >= 0.3 is 24.3 Å². The van der Waals surface area contributed by atoms with E-state index >= 15 is 0 Å². The Hall–Kier alpha value is -3.50. The molecule has 2 atom stereocenters. The summed E-state index contributed by atoms with van der Waals surface area (Å²) in [6.45, 7) is 1.73. The Morgan fingerprint density at radius 3 is 1.97 bits per heavy atom. The molecule has 0 saturated carbocycles. The molecule has 35 heavy (non-hydrogen) atoms. The molecule has 17 heteroatoms. The molecule has 10 nitrogen and oxygen atoms in total. The summed E-state index contributed by atoms with van der Waals surface area (Å²) < 4.78 is 63.5. The molecule has 0 unspecified atom stereocenters. The second-order valence-electron chi connectivity index (χ2n) is 6.95. The number of halogens is 6. The number of pyridine rings is 1. The lowest BCUT2D eigenvalue weighted by Gasteiger charge is -2.24. The lowest BCUT2D eigenvalue weighted by atomic mass is 10.1. The molecular formula is C18H17F6N5O5S. The van der Waals surface area contributed by atoms with Crippen molar-refractivity contribution in [2.75, 3.05) is 18.0 Å². The van der Waals surface area contributed by atoms with E-state index in [1.807, 2.05) is 17.0 Å². The first kappa shape index (κ1) is 27.7. The zero-order valence-corrected chi connectivity index (χ0v) is 18.2. The summed E-state index contributed by atoms with van der Waals surface area (Å²) in [6, 6.07) is 6.11. The maximum atomic E-state index is 12.6. The Balaban J connectivity index is 0.000000257. The first-order chi connectivity index (χ1) is 16.2. The average Bonchev–Trinajstić information content (AvgIpc) is 3.51. The first-order valence-electron chi connectivity index (χ1n) is 9.58. The number of nitrogens with zero attached hydrogens (tertiary/aromatic N) is 5. The third-order valence-electron chi connectivity index (χ3n) is 4.80. The molecule has 2 aliphatic rings. The highest BCUT2D eigenvalue weighted by molar-refractivity contribution is 7.13. The number of alkyl halides is 6. The van der Waals surface area contributed by atoms with Gasteiger partial charge in [-0.3, -0.25) is 9.78 Å². The van der Waals surface area contributed by atoms with E-state index in [9.17, 15) is 31.1 Å². The second kappa shape index (κ2) is 11.3. The smallest absolute Gasteiger partial charge is 0.475 e. The molecule has 2 aromatic rings. The molecule has 0 bridgehead atoms. The molecule has 0 aromatic carbocycles. The van der Waals surface area contributed by atoms with E-state index in [-0.39, 0.29) is 11.9 Å². The molecule has 2 aliphatic heterocycles. The molecule has 0 aliphatic carbocycles. The van der Waals surface area contributed by atoms with E-state index in [2.05, 4.69) is 20.1 Å². The number of likely N-dealkylation sites (tertiary alicyclic amines) is 1. The van der Waals surface area contributed by atoms with Crippen molar-refractivity contribution in [2.45, 2.75) is 37.3 Å². The molecule has 1 amide bonds. The normalized spacial score (nSPS) is 19.1. The minimum atomic E-state index is -5.08.